The molecule has 2 amide bonds. The molecule has 0 radical (unpaired) electrons. The van der Waals surface area contributed by atoms with Crippen molar-refractivity contribution < 1.29 is 23.8 Å². The summed E-state index contributed by atoms with van der Waals surface area (Å²) in [7, 11) is 0. The van der Waals surface area contributed by atoms with Gasteiger partial charge in [0.2, 0.25) is 0 Å². The number of amides is 2. The number of hydrogen-bond donors (Lipinski definition) is 2. The second kappa shape index (κ2) is 19.1. The van der Waals surface area contributed by atoms with E-state index in [4.69, 9.17) is 14.2 Å². The van der Waals surface area contributed by atoms with Gasteiger partial charge in [-0.2, -0.15) is 0 Å². The molecule has 0 spiro atoms. The summed E-state index contributed by atoms with van der Waals surface area (Å²) in [5.41, 5.74) is 1.76. The van der Waals surface area contributed by atoms with Crippen LogP contribution >= 0.6 is 0 Å². The molecule has 0 saturated heterocycles. The Kier molecular flexibility index (Phi) is 15.9. The van der Waals surface area contributed by atoms with Gasteiger partial charge in [0.25, 0.3) is 5.91 Å². The van der Waals surface area contributed by atoms with Crippen molar-refractivity contribution in [2.45, 2.75) is 117 Å². The Morgan fingerprint density at radius 1 is 0.786 bits per heavy atom. The Hall–Kier alpha value is -3.22. The Morgan fingerprint density at radius 3 is 2.00 bits per heavy atom. The van der Waals surface area contributed by atoms with E-state index in [1.54, 1.807) is 0 Å². The fourth-order valence-electron chi connectivity index (χ4n) is 4.56. The molecule has 0 bridgehead atoms. The average Bonchev–Trinajstić information content (AvgIpc) is 2.95. The first-order valence-electron chi connectivity index (χ1n) is 15.9. The summed E-state index contributed by atoms with van der Waals surface area (Å²) < 4.78 is 17.8. The fraction of sp³-hybridized carbons (Fsp3) is 0.600. The van der Waals surface area contributed by atoms with E-state index in [1.165, 1.54) is 25.7 Å². The summed E-state index contributed by atoms with van der Waals surface area (Å²) in [5, 5.41) is 5.91. The molecule has 0 aromatic heterocycles. The van der Waals surface area contributed by atoms with Crippen molar-refractivity contribution in [2.24, 2.45) is 0 Å². The van der Waals surface area contributed by atoms with Crippen LogP contribution in [0.15, 0.2) is 42.5 Å². The number of carbonyl (C=O) groups is 2. The van der Waals surface area contributed by atoms with Gasteiger partial charge in [0.1, 0.15) is 17.1 Å². The van der Waals surface area contributed by atoms with Crippen LogP contribution < -0.4 is 20.1 Å². The maximum atomic E-state index is 13.2. The number of ether oxygens (including phenoxy) is 3. The lowest BCUT2D eigenvalue weighted by molar-refractivity contribution is 0.0501. The first-order chi connectivity index (χ1) is 20.2. The average molecular weight is 583 g/mol. The van der Waals surface area contributed by atoms with Crippen molar-refractivity contribution in [3.05, 3.63) is 48.0 Å². The highest BCUT2D eigenvalue weighted by atomic mass is 16.6. The van der Waals surface area contributed by atoms with Gasteiger partial charge in [-0.15, -0.1) is 0 Å². The van der Waals surface area contributed by atoms with Crippen molar-refractivity contribution in [2.75, 3.05) is 19.8 Å². The number of para-hydroxylation sites is 1. The second-order valence-electron chi connectivity index (χ2n) is 11.8. The Bertz CT molecular complexity index is 1080. The molecule has 0 aliphatic carbocycles. The third kappa shape index (κ3) is 13.2. The Balaban J connectivity index is 2.16. The molecular formula is C35H54N2O5. The SMILES string of the molecule is CCCCCCOc1ccccc1-c1cc(C(=O)NCCC(CC)NC(=O)OC(C)(C)C)ccc1OCCCCCC. The quantitative estimate of drug-likeness (QED) is 0.162. The minimum atomic E-state index is -0.557. The van der Waals surface area contributed by atoms with E-state index in [0.29, 0.717) is 31.7 Å². The molecule has 2 rings (SSSR count). The molecule has 42 heavy (non-hydrogen) atoms. The summed E-state index contributed by atoms with van der Waals surface area (Å²) >= 11 is 0. The van der Waals surface area contributed by atoms with E-state index in [9.17, 15) is 9.59 Å². The summed E-state index contributed by atoms with van der Waals surface area (Å²) in [6, 6.07) is 13.5. The lowest BCUT2D eigenvalue weighted by atomic mass is 10.00. The van der Waals surface area contributed by atoms with Crippen molar-refractivity contribution >= 4 is 12.0 Å². The summed E-state index contributed by atoms with van der Waals surface area (Å²) in [6.07, 6.45) is 9.91. The lowest BCUT2D eigenvalue weighted by Crippen LogP contribution is -2.40. The summed E-state index contributed by atoms with van der Waals surface area (Å²) in [6.45, 7) is 13.6. The van der Waals surface area contributed by atoms with Gasteiger partial charge < -0.3 is 24.8 Å². The minimum absolute atomic E-state index is 0.0967. The predicted octanol–water partition coefficient (Wildman–Crippen LogP) is 8.70. The molecule has 7 heteroatoms. The van der Waals surface area contributed by atoms with Gasteiger partial charge in [-0.3, -0.25) is 4.79 Å². The normalized spacial score (nSPS) is 12.0. The predicted molar refractivity (Wildman–Crippen MR) is 172 cm³/mol. The van der Waals surface area contributed by atoms with Gasteiger partial charge in [-0.1, -0.05) is 77.5 Å². The molecule has 2 aromatic carbocycles. The van der Waals surface area contributed by atoms with Crippen LogP contribution in [0.4, 0.5) is 4.79 Å². The Labute approximate surface area is 254 Å². The monoisotopic (exact) mass is 582 g/mol. The first kappa shape index (κ1) is 35.0. The molecule has 0 fully saturated rings. The van der Waals surface area contributed by atoms with Crippen LogP contribution in [0.1, 0.15) is 116 Å². The standard InChI is InChI=1S/C35H54N2O5/c1-7-10-12-16-24-40-31-19-15-14-18-29(31)30-26-27(20-21-32(30)41-25-17-13-11-8-2)33(38)36-23-22-28(9-3)37-34(39)42-35(4,5)6/h14-15,18-21,26,28H,7-13,16-17,22-25H2,1-6H3,(H,36,38)(H,37,39). The number of carbonyl (C=O) groups excluding carboxylic acids is 2. The molecule has 2 N–H and O–H groups in total. The van der Waals surface area contributed by atoms with Crippen molar-refractivity contribution in [1.29, 1.82) is 0 Å². The van der Waals surface area contributed by atoms with E-state index < -0.39 is 11.7 Å². The van der Waals surface area contributed by atoms with Crippen LogP contribution in [0.3, 0.4) is 0 Å². The molecule has 1 atom stereocenters. The zero-order valence-electron chi connectivity index (χ0n) is 26.9. The van der Waals surface area contributed by atoms with Crippen molar-refractivity contribution in [3.63, 3.8) is 0 Å². The number of unbranched alkanes of at least 4 members (excludes halogenated alkanes) is 6. The van der Waals surface area contributed by atoms with Gasteiger partial charge in [-0.25, -0.2) is 4.79 Å². The van der Waals surface area contributed by atoms with Crippen LogP contribution in [0, 0.1) is 0 Å². The van der Waals surface area contributed by atoms with Crippen molar-refractivity contribution in [3.8, 4) is 22.6 Å². The van der Waals surface area contributed by atoms with Crippen LogP contribution in [0.25, 0.3) is 11.1 Å². The zero-order valence-corrected chi connectivity index (χ0v) is 26.9. The van der Waals surface area contributed by atoms with Crippen LogP contribution in [-0.4, -0.2) is 43.4 Å². The number of rotatable bonds is 19. The number of alkyl carbamates (subject to hydrolysis) is 1. The largest absolute Gasteiger partial charge is 0.493 e. The second-order valence-corrected chi connectivity index (χ2v) is 11.8. The molecule has 2 aromatic rings. The highest BCUT2D eigenvalue weighted by Gasteiger charge is 2.19. The molecule has 0 heterocycles. The van der Waals surface area contributed by atoms with Crippen molar-refractivity contribution in [1.82, 2.24) is 10.6 Å². The van der Waals surface area contributed by atoms with E-state index in [0.717, 1.165) is 54.7 Å². The molecule has 0 aliphatic rings. The highest BCUT2D eigenvalue weighted by molar-refractivity contribution is 5.96. The fourth-order valence-corrected chi connectivity index (χ4v) is 4.56. The van der Waals surface area contributed by atoms with E-state index in [1.807, 2.05) is 70.2 Å². The third-order valence-electron chi connectivity index (χ3n) is 6.92. The lowest BCUT2D eigenvalue weighted by Gasteiger charge is -2.23. The van der Waals surface area contributed by atoms with Gasteiger partial charge >= 0.3 is 6.09 Å². The maximum absolute atomic E-state index is 13.2. The maximum Gasteiger partial charge on any atom is 0.407 e. The molecule has 7 nitrogen and oxygen atoms in total. The van der Waals surface area contributed by atoms with Gasteiger partial charge in [0, 0.05) is 29.3 Å². The van der Waals surface area contributed by atoms with Gasteiger partial charge in [-0.05, 0) is 70.7 Å². The minimum Gasteiger partial charge on any atom is -0.493 e. The van der Waals surface area contributed by atoms with E-state index in [-0.39, 0.29) is 11.9 Å². The Morgan fingerprint density at radius 2 is 1.40 bits per heavy atom. The van der Waals surface area contributed by atoms with E-state index >= 15 is 0 Å². The van der Waals surface area contributed by atoms with Crippen LogP contribution in [-0.2, 0) is 4.74 Å². The molecule has 0 aliphatic heterocycles. The van der Waals surface area contributed by atoms with Crippen LogP contribution in [0.2, 0.25) is 0 Å². The number of benzene rings is 2. The molecule has 0 saturated carbocycles. The summed E-state index contributed by atoms with van der Waals surface area (Å²) in [4.78, 5) is 25.4. The number of nitrogens with one attached hydrogen (secondary N) is 2. The van der Waals surface area contributed by atoms with E-state index in [2.05, 4.69) is 24.5 Å². The molecule has 1 unspecified atom stereocenters. The first-order valence-corrected chi connectivity index (χ1v) is 15.9. The molecular weight excluding hydrogens is 528 g/mol. The zero-order chi connectivity index (χ0) is 30.8. The van der Waals surface area contributed by atoms with Crippen LogP contribution in [0.5, 0.6) is 11.5 Å². The highest BCUT2D eigenvalue weighted by Crippen LogP contribution is 2.37. The molecule has 234 valence electrons. The summed E-state index contributed by atoms with van der Waals surface area (Å²) in [5.74, 6) is 1.37. The van der Waals surface area contributed by atoms with Gasteiger partial charge in [0.05, 0.1) is 13.2 Å². The number of hydrogen-bond acceptors (Lipinski definition) is 5. The smallest absolute Gasteiger partial charge is 0.407 e. The topological polar surface area (TPSA) is 85.9 Å². The van der Waals surface area contributed by atoms with Gasteiger partial charge in [0.15, 0.2) is 0 Å². The third-order valence-corrected chi connectivity index (χ3v) is 6.92.